The normalized spacial score (nSPS) is 16.7. The Hall–Kier alpha value is -2.53. The molecule has 2 amide bonds. The van der Waals surface area contributed by atoms with Crippen LogP contribution in [0.25, 0.3) is 0 Å². The lowest BCUT2D eigenvalue weighted by atomic mass is 10.1. The molecule has 0 aliphatic carbocycles. The van der Waals surface area contributed by atoms with Crippen LogP contribution >= 0.6 is 0 Å². The second-order valence-electron chi connectivity index (χ2n) is 7.21. The second kappa shape index (κ2) is 8.72. The lowest BCUT2D eigenvalue weighted by molar-refractivity contribution is 0.250. The minimum Gasteiger partial charge on any atom is -0.371 e. The van der Waals surface area contributed by atoms with Crippen LogP contribution in [0.4, 0.5) is 16.2 Å². The third kappa shape index (κ3) is 5.23. The van der Waals surface area contributed by atoms with Crippen molar-refractivity contribution < 1.29 is 4.79 Å². The number of anilines is 2. The van der Waals surface area contributed by atoms with Gasteiger partial charge in [-0.2, -0.15) is 0 Å². The summed E-state index contributed by atoms with van der Waals surface area (Å²) in [6, 6.07) is 18.3. The van der Waals surface area contributed by atoms with Gasteiger partial charge in [-0.1, -0.05) is 30.3 Å². The quantitative estimate of drug-likeness (QED) is 0.838. The highest BCUT2D eigenvalue weighted by atomic mass is 16.2. The molecule has 0 bridgehead atoms. The number of hydrogen-bond donors (Lipinski definition) is 2. The van der Waals surface area contributed by atoms with Crippen LogP contribution in [0.3, 0.4) is 0 Å². The highest BCUT2D eigenvalue weighted by Gasteiger charge is 2.22. The number of carbonyl (C=O) groups excluding carboxylic acids is 1. The molecule has 26 heavy (non-hydrogen) atoms. The molecule has 0 spiro atoms. The van der Waals surface area contributed by atoms with Crippen molar-refractivity contribution in [1.29, 1.82) is 0 Å². The predicted octanol–water partition coefficient (Wildman–Crippen LogP) is 3.40. The zero-order chi connectivity index (χ0) is 18.4. The molecule has 5 heteroatoms. The Bertz CT molecular complexity index is 717. The molecule has 1 heterocycles. The zero-order valence-electron chi connectivity index (χ0n) is 15.6. The first-order chi connectivity index (χ1) is 12.6. The number of para-hydroxylation sites is 1. The van der Waals surface area contributed by atoms with E-state index in [0.29, 0.717) is 12.5 Å². The average Bonchev–Trinajstić information content (AvgIpc) is 3.09. The lowest BCUT2D eigenvalue weighted by Gasteiger charge is -2.18. The number of hydrogen-bond acceptors (Lipinski definition) is 3. The first kappa shape index (κ1) is 18.3. The van der Waals surface area contributed by atoms with E-state index in [4.69, 9.17) is 0 Å². The maximum absolute atomic E-state index is 12.2. The number of urea groups is 1. The number of amides is 2. The monoisotopic (exact) mass is 352 g/mol. The Morgan fingerprint density at radius 3 is 2.73 bits per heavy atom. The van der Waals surface area contributed by atoms with Gasteiger partial charge in [0.2, 0.25) is 0 Å². The molecule has 1 aliphatic heterocycles. The van der Waals surface area contributed by atoms with E-state index in [0.717, 1.165) is 31.7 Å². The van der Waals surface area contributed by atoms with Gasteiger partial charge < -0.3 is 20.4 Å². The van der Waals surface area contributed by atoms with Crippen molar-refractivity contribution in [2.24, 2.45) is 5.92 Å². The first-order valence-corrected chi connectivity index (χ1v) is 9.18. The molecule has 1 unspecified atom stereocenters. The smallest absolute Gasteiger partial charge is 0.319 e. The van der Waals surface area contributed by atoms with Crippen LogP contribution in [-0.2, 0) is 6.54 Å². The molecule has 0 saturated carbocycles. The molecule has 1 aliphatic rings. The van der Waals surface area contributed by atoms with Crippen molar-refractivity contribution in [1.82, 2.24) is 10.2 Å². The summed E-state index contributed by atoms with van der Waals surface area (Å²) >= 11 is 0. The van der Waals surface area contributed by atoms with E-state index >= 15 is 0 Å². The van der Waals surface area contributed by atoms with Crippen LogP contribution in [0.15, 0.2) is 54.6 Å². The highest BCUT2D eigenvalue weighted by Crippen LogP contribution is 2.23. The molecule has 2 aromatic carbocycles. The first-order valence-electron chi connectivity index (χ1n) is 9.18. The number of nitrogens with zero attached hydrogens (tertiary/aromatic N) is 2. The minimum absolute atomic E-state index is 0.134. The van der Waals surface area contributed by atoms with E-state index in [1.54, 1.807) is 0 Å². The minimum atomic E-state index is -0.134. The topological polar surface area (TPSA) is 47.6 Å². The Labute approximate surface area is 156 Å². The fourth-order valence-electron chi connectivity index (χ4n) is 3.40. The van der Waals surface area contributed by atoms with E-state index in [1.165, 1.54) is 11.3 Å². The van der Waals surface area contributed by atoms with Crippen LogP contribution in [0.5, 0.6) is 0 Å². The molecule has 1 atom stereocenters. The third-order valence-electron chi connectivity index (χ3n) is 4.64. The van der Waals surface area contributed by atoms with Gasteiger partial charge in [-0.25, -0.2) is 4.79 Å². The van der Waals surface area contributed by atoms with E-state index in [9.17, 15) is 4.79 Å². The van der Waals surface area contributed by atoms with Gasteiger partial charge in [-0.3, -0.25) is 0 Å². The largest absolute Gasteiger partial charge is 0.371 e. The SMILES string of the molecule is CN(C)Cc1cccc(NC(=O)NCC2CCN(c3ccccc3)C2)c1. The third-order valence-corrected chi connectivity index (χ3v) is 4.64. The number of carbonyl (C=O) groups is 1. The molecule has 5 nitrogen and oxygen atoms in total. The summed E-state index contributed by atoms with van der Waals surface area (Å²) in [7, 11) is 4.07. The van der Waals surface area contributed by atoms with Crippen molar-refractivity contribution in [3.8, 4) is 0 Å². The average molecular weight is 352 g/mol. The number of nitrogens with one attached hydrogen (secondary N) is 2. The van der Waals surface area contributed by atoms with E-state index in [2.05, 4.69) is 50.8 Å². The van der Waals surface area contributed by atoms with Gasteiger partial charge >= 0.3 is 6.03 Å². The van der Waals surface area contributed by atoms with Gasteiger partial charge in [0.1, 0.15) is 0 Å². The highest BCUT2D eigenvalue weighted by molar-refractivity contribution is 5.89. The van der Waals surface area contributed by atoms with Crippen LogP contribution in [0, 0.1) is 5.92 Å². The van der Waals surface area contributed by atoms with Gasteiger partial charge in [0.15, 0.2) is 0 Å². The summed E-state index contributed by atoms with van der Waals surface area (Å²) < 4.78 is 0. The van der Waals surface area contributed by atoms with E-state index < -0.39 is 0 Å². The van der Waals surface area contributed by atoms with Crippen LogP contribution in [0.2, 0.25) is 0 Å². The standard InChI is InChI=1S/C21H28N4O/c1-24(2)15-17-7-6-8-19(13-17)23-21(26)22-14-18-11-12-25(16-18)20-9-4-3-5-10-20/h3-10,13,18H,11-12,14-16H2,1-2H3,(H2,22,23,26). The number of rotatable bonds is 6. The Morgan fingerprint density at radius 1 is 1.15 bits per heavy atom. The number of benzene rings is 2. The molecule has 1 saturated heterocycles. The molecular formula is C21H28N4O. The van der Waals surface area contributed by atoms with Crippen LogP contribution < -0.4 is 15.5 Å². The molecule has 138 valence electrons. The summed E-state index contributed by atoms with van der Waals surface area (Å²) in [5.74, 6) is 0.487. The maximum atomic E-state index is 12.2. The van der Waals surface area contributed by atoms with E-state index in [-0.39, 0.29) is 6.03 Å². The summed E-state index contributed by atoms with van der Waals surface area (Å²) in [5, 5.41) is 5.96. The molecule has 2 aromatic rings. The Kier molecular flexibility index (Phi) is 6.12. The summed E-state index contributed by atoms with van der Waals surface area (Å²) in [6.07, 6.45) is 1.10. The van der Waals surface area contributed by atoms with Crippen molar-refractivity contribution in [2.75, 3.05) is 43.9 Å². The molecule has 0 aromatic heterocycles. The van der Waals surface area contributed by atoms with Crippen molar-refractivity contribution in [3.05, 3.63) is 60.2 Å². The van der Waals surface area contributed by atoms with Crippen molar-refractivity contribution in [3.63, 3.8) is 0 Å². The Balaban J connectivity index is 1.45. The van der Waals surface area contributed by atoms with Crippen molar-refractivity contribution >= 4 is 17.4 Å². The Morgan fingerprint density at radius 2 is 1.96 bits per heavy atom. The molecule has 2 N–H and O–H groups in total. The predicted molar refractivity (Wildman–Crippen MR) is 108 cm³/mol. The van der Waals surface area contributed by atoms with Gasteiger partial charge in [0.25, 0.3) is 0 Å². The zero-order valence-corrected chi connectivity index (χ0v) is 15.6. The summed E-state index contributed by atoms with van der Waals surface area (Å²) in [4.78, 5) is 16.7. The van der Waals surface area contributed by atoms with Crippen LogP contribution in [0.1, 0.15) is 12.0 Å². The second-order valence-corrected chi connectivity index (χ2v) is 7.21. The molecule has 1 fully saturated rings. The summed E-state index contributed by atoms with van der Waals surface area (Å²) in [5.41, 5.74) is 3.28. The fourth-order valence-corrected chi connectivity index (χ4v) is 3.40. The van der Waals surface area contributed by atoms with Gasteiger partial charge in [-0.15, -0.1) is 0 Å². The van der Waals surface area contributed by atoms with E-state index in [1.807, 2.05) is 38.4 Å². The fraction of sp³-hybridized carbons (Fsp3) is 0.381. The maximum Gasteiger partial charge on any atom is 0.319 e. The van der Waals surface area contributed by atoms with Gasteiger partial charge in [-0.05, 0) is 56.3 Å². The molecule has 3 rings (SSSR count). The van der Waals surface area contributed by atoms with Crippen molar-refractivity contribution in [2.45, 2.75) is 13.0 Å². The van der Waals surface area contributed by atoms with Gasteiger partial charge in [0, 0.05) is 37.6 Å². The molecular weight excluding hydrogens is 324 g/mol. The molecule has 0 radical (unpaired) electrons. The van der Waals surface area contributed by atoms with Gasteiger partial charge in [0.05, 0.1) is 0 Å². The summed E-state index contributed by atoms with van der Waals surface area (Å²) in [6.45, 7) is 3.59. The lowest BCUT2D eigenvalue weighted by Crippen LogP contribution is -2.34. The van der Waals surface area contributed by atoms with Crippen LogP contribution in [-0.4, -0.2) is 44.7 Å².